The van der Waals surface area contributed by atoms with Crippen LogP contribution in [0.4, 0.5) is 0 Å². The van der Waals surface area contributed by atoms with E-state index in [0.717, 1.165) is 0 Å². The van der Waals surface area contributed by atoms with Gasteiger partial charge in [0.05, 0.1) is 0 Å². The van der Waals surface area contributed by atoms with Gasteiger partial charge in [-0.05, 0) is 48.5 Å². The summed E-state index contributed by atoms with van der Waals surface area (Å²) in [5.41, 5.74) is 0. The van der Waals surface area contributed by atoms with Crippen molar-refractivity contribution in [1.82, 2.24) is 0 Å². The molecule has 136 valence electrons. The first-order chi connectivity index (χ1) is 13.8. The zero-order valence-corrected chi connectivity index (χ0v) is 14.9. The molecule has 1 aliphatic rings. The largest absolute Gasteiger partial charge is 0.457 e. The van der Waals surface area contributed by atoms with Crippen LogP contribution in [0, 0.1) is 0 Å². The third kappa shape index (κ3) is 3.62. The maximum absolute atomic E-state index is 5.99. The van der Waals surface area contributed by atoms with Crippen molar-refractivity contribution in [3.8, 4) is 46.0 Å². The summed E-state index contributed by atoms with van der Waals surface area (Å²) in [6.45, 7) is 0. The highest BCUT2D eigenvalue weighted by molar-refractivity contribution is 5.45. The molecular weight excluding hydrogens is 352 g/mol. The molecule has 4 nitrogen and oxygen atoms in total. The molecule has 0 N–H and O–H groups in total. The van der Waals surface area contributed by atoms with Gasteiger partial charge in [-0.25, -0.2) is 0 Å². The van der Waals surface area contributed by atoms with Crippen molar-refractivity contribution in [3.05, 3.63) is 97.1 Å². The summed E-state index contributed by atoms with van der Waals surface area (Å²) in [5.74, 6) is 5.42. The van der Waals surface area contributed by atoms with E-state index in [-0.39, 0.29) is 0 Å². The Morgan fingerprint density at radius 2 is 0.464 bits per heavy atom. The molecule has 4 aromatic carbocycles. The Morgan fingerprint density at radius 1 is 0.286 bits per heavy atom. The molecule has 0 aliphatic carbocycles. The van der Waals surface area contributed by atoms with Crippen LogP contribution in [0.5, 0.6) is 46.0 Å². The van der Waals surface area contributed by atoms with Crippen LogP contribution in [0.15, 0.2) is 97.1 Å². The van der Waals surface area contributed by atoms with Crippen LogP contribution in [0.2, 0.25) is 0 Å². The highest BCUT2D eigenvalue weighted by atomic mass is 16.5. The first-order valence-corrected chi connectivity index (χ1v) is 8.92. The molecule has 0 amide bonds. The van der Waals surface area contributed by atoms with E-state index < -0.39 is 0 Å². The lowest BCUT2D eigenvalue weighted by molar-refractivity contribution is 0.439. The van der Waals surface area contributed by atoms with Crippen LogP contribution >= 0.6 is 0 Å². The standard InChI is InChI=1S/C24H16O4/c1-5-17-13-18(6-1)26-20-8-3-10-22(15-20)28-24-12-4-11-23(16-24)27-21-9-2-7-19(14-21)25-17/h1-16H. The van der Waals surface area contributed by atoms with E-state index in [9.17, 15) is 0 Å². The summed E-state index contributed by atoms with van der Waals surface area (Å²) < 4.78 is 23.9. The maximum Gasteiger partial charge on any atom is 0.131 e. The Balaban J connectivity index is 1.60. The van der Waals surface area contributed by atoms with Gasteiger partial charge >= 0.3 is 0 Å². The normalized spacial score (nSPS) is 12.0. The minimum atomic E-state index is 0.677. The fourth-order valence-electron chi connectivity index (χ4n) is 2.95. The Labute approximate surface area is 162 Å². The van der Waals surface area contributed by atoms with Crippen LogP contribution in [-0.4, -0.2) is 0 Å². The summed E-state index contributed by atoms with van der Waals surface area (Å²) in [6.07, 6.45) is 0. The lowest BCUT2D eigenvalue weighted by atomic mass is 10.2. The summed E-state index contributed by atoms with van der Waals surface area (Å²) in [4.78, 5) is 0. The summed E-state index contributed by atoms with van der Waals surface area (Å²) in [6, 6.07) is 30.0. The van der Waals surface area contributed by atoms with Crippen LogP contribution in [0.1, 0.15) is 0 Å². The van der Waals surface area contributed by atoms with E-state index in [1.807, 2.05) is 97.1 Å². The molecule has 0 radical (unpaired) electrons. The van der Waals surface area contributed by atoms with Crippen molar-refractivity contribution in [1.29, 1.82) is 0 Å². The second-order valence-electron chi connectivity index (χ2n) is 6.31. The van der Waals surface area contributed by atoms with Gasteiger partial charge in [-0.1, -0.05) is 24.3 Å². The molecule has 4 aromatic rings. The number of benzene rings is 4. The number of rotatable bonds is 0. The van der Waals surface area contributed by atoms with E-state index in [1.165, 1.54) is 0 Å². The quantitative estimate of drug-likeness (QED) is 0.290. The molecule has 0 unspecified atom stereocenters. The third-order valence-electron chi connectivity index (χ3n) is 4.16. The second-order valence-corrected chi connectivity index (χ2v) is 6.31. The maximum atomic E-state index is 5.99. The average Bonchev–Trinajstić information content (AvgIpc) is 2.69. The van der Waals surface area contributed by atoms with Gasteiger partial charge < -0.3 is 18.9 Å². The molecule has 1 aliphatic heterocycles. The minimum Gasteiger partial charge on any atom is -0.457 e. The van der Waals surface area contributed by atoms with Crippen molar-refractivity contribution in [2.24, 2.45) is 0 Å². The van der Waals surface area contributed by atoms with E-state index in [4.69, 9.17) is 18.9 Å². The molecule has 28 heavy (non-hydrogen) atoms. The molecule has 0 aromatic heterocycles. The van der Waals surface area contributed by atoms with Gasteiger partial charge in [0, 0.05) is 24.3 Å². The fraction of sp³-hybridized carbons (Fsp3) is 0. The Kier molecular flexibility index (Phi) is 4.07. The summed E-state index contributed by atoms with van der Waals surface area (Å²) >= 11 is 0. The molecule has 0 saturated heterocycles. The highest BCUT2D eigenvalue weighted by Gasteiger charge is 2.07. The Bertz CT molecular complexity index is 886. The minimum absolute atomic E-state index is 0.677. The van der Waals surface area contributed by atoms with Gasteiger partial charge in [-0.2, -0.15) is 0 Å². The number of hydrogen-bond donors (Lipinski definition) is 0. The van der Waals surface area contributed by atoms with Crippen LogP contribution in [0.25, 0.3) is 0 Å². The molecule has 8 bridgehead atoms. The first-order valence-electron chi connectivity index (χ1n) is 8.92. The van der Waals surface area contributed by atoms with Gasteiger partial charge in [0.2, 0.25) is 0 Å². The van der Waals surface area contributed by atoms with Crippen molar-refractivity contribution in [2.75, 3.05) is 0 Å². The number of fused-ring (bicyclic) bond motifs is 8. The van der Waals surface area contributed by atoms with Crippen molar-refractivity contribution in [3.63, 3.8) is 0 Å². The van der Waals surface area contributed by atoms with Crippen molar-refractivity contribution in [2.45, 2.75) is 0 Å². The Hall–Kier alpha value is -3.92. The summed E-state index contributed by atoms with van der Waals surface area (Å²) in [5, 5.41) is 0. The predicted molar refractivity (Wildman–Crippen MR) is 106 cm³/mol. The fourth-order valence-corrected chi connectivity index (χ4v) is 2.95. The van der Waals surface area contributed by atoms with Crippen LogP contribution in [-0.2, 0) is 0 Å². The molecule has 5 rings (SSSR count). The first kappa shape index (κ1) is 16.3. The summed E-state index contributed by atoms with van der Waals surface area (Å²) in [7, 11) is 0. The van der Waals surface area contributed by atoms with E-state index in [0.29, 0.717) is 46.0 Å². The molecule has 1 heterocycles. The zero-order chi connectivity index (χ0) is 18.8. The van der Waals surface area contributed by atoms with E-state index in [1.54, 1.807) is 0 Å². The molecule has 0 atom stereocenters. The van der Waals surface area contributed by atoms with Crippen LogP contribution < -0.4 is 18.9 Å². The molecule has 0 fully saturated rings. The van der Waals surface area contributed by atoms with Crippen molar-refractivity contribution < 1.29 is 18.9 Å². The van der Waals surface area contributed by atoms with Crippen LogP contribution in [0.3, 0.4) is 0 Å². The molecule has 4 heteroatoms. The Morgan fingerprint density at radius 3 is 0.643 bits per heavy atom. The zero-order valence-electron chi connectivity index (χ0n) is 14.9. The molecule has 0 spiro atoms. The lowest BCUT2D eigenvalue weighted by Crippen LogP contribution is -1.91. The van der Waals surface area contributed by atoms with Gasteiger partial charge in [0.25, 0.3) is 0 Å². The smallest absolute Gasteiger partial charge is 0.131 e. The number of ether oxygens (including phenoxy) is 4. The second kappa shape index (κ2) is 7.00. The predicted octanol–water partition coefficient (Wildman–Crippen LogP) is 7.17. The monoisotopic (exact) mass is 368 g/mol. The van der Waals surface area contributed by atoms with Gasteiger partial charge in [-0.3, -0.25) is 0 Å². The molecular formula is C24H16O4. The SMILES string of the molecule is c1cc2cc(c1)Oc1cccc(c1)Oc1cccc(c1)Oc1cccc(c1)O2. The van der Waals surface area contributed by atoms with Gasteiger partial charge in [0.1, 0.15) is 46.0 Å². The molecule has 0 saturated carbocycles. The average molecular weight is 368 g/mol. The van der Waals surface area contributed by atoms with E-state index >= 15 is 0 Å². The highest BCUT2D eigenvalue weighted by Crippen LogP contribution is 2.34. The van der Waals surface area contributed by atoms with E-state index in [2.05, 4.69) is 0 Å². The van der Waals surface area contributed by atoms with Crippen molar-refractivity contribution >= 4 is 0 Å². The third-order valence-corrected chi connectivity index (χ3v) is 4.16. The lowest BCUT2D eigenvalue weighted by Gasteiger charge is -2.13. The van der Waals surface area contributed by atoms with Gasteiger partial charge in [0.15, 0.2) is 0 Å². The van der Waals surface area contributed by atoms with Gasteiger partial charge in [-0.15, -0.1) is 0 Å². The number of hydrogen-bond acceptors (Lipinski definition) is 4. The topological polar surface area (TPSA) is 36.9 Å².